The first-order chi connectivity index (χ1) is 18.3. The quantitative estimate of drug-likeness (QED) is 0.110. The lowest BCUT2D eigenvalue weighted by Crippen LogP contribution is -2.58. The molecule has 0 aliphatic rings. The van der Waals surface area contributed by atoms with Crippen LogP contribution in [0.4, 0.5) is 0 Å². The molecule has 0 aliphatic heterocycles. The summed E-state index contributed by atoms with van der Waals surface area (Å²) in [5.41, 5.74) is 17.4. The van der Waals surface area contributed by atoms with Crippen molar-refractivity contribution in [2.45, 2.75) is 62.9 Å². The van der Waals surface area contributed by atoms with E-state index in [1.807, 2.05) is 0 Å². The summed E-state index contributed by atoms with van der Waals surface area (Å²) < 4.78 is 0. The predicted molar refractivity (Wildman–Crippen MR) is 137 cm³/mol. The van der Waals surface area contributed by atoms with Crippen molar-refractivity contribution in [3.05, 3.63) is 36.0 Å². The van der Waals surface area contributed by atoms with Crippen LogP contribution in [0.15, 0.2) is 30.5 Å². The number of amides is 5. The third-order valence-electron chi connectivity index (χ3n) is 5.85. The molecule has 212 valence electrons. The second-order valence-corrected chi connectivity index (χ2v) is 9.03. The van der Waals surface area contributed by atoms with Gasteiger partial charge in [-0.3, -0.25) is 24.0 Å². The maximum Gasteiger partial charge on any atom is 0.328 e. The zero-order chi connectivity index (χ0) is 29.3. The van der Waals surface area contributed by atoms with Crippen LogP contribution in [0.3, 0.4) is 0 Å². The van der Waals surface area contributed by atoms with E-state index in [-0.39, 0.29) is 19.3 Å². The zero-order valence-corrected chi connectivity index (χ0v) is 21.2. The molecule has 0 fully saturated rings. The summed E-state index contributed by atoms with van der Waals surface area (Å²) in [6.07, 6.45) is -1.02. The summed E-state index contributed by atoms with van der Waals surface area (Å²) >= 11 is 0. The van der Waals surface area contributed by atoms with E-state index < -0.39 is 72.2 Å². The summed E-state index contributed by atoms with van der Waals surface area (Å²) in [6.45, 7) is 1.15. The van der Waals surface area contributed by atoms with Crippen molar-refractivity contribution in [3.63, 3.8) is 0 Å². The Balaban J connectivity index is 2.33. The minimum absolute atomic E-state index is 0.0690. The largest absolute Gasteiger partial charge is 0.480 e. The lowest BCUT2D eigenvalue weighted by atomic mass is 10.0. The third-order valence-corrected chi connectivity index (χ3v) is 5.85. The molecule has 1 heterocycles. The molecular formula is C24H33N7O8. The number of carboxylic acids is 1. The van der Waals surface area contributed by atoms with Gasteiger partial charge in [-0.1, -0.05) is 18.2 Å². The molecule has 0 aliphatic carbocycles. The lowest BCUT2D eigenvalue weighted by Gasteiger charge is -2.25. The number of hydrogen-bond donors (Lipinski definition) is 9. The van der Waals surface area contributed by atoms with Gasteiger partial charge in [-0.15, -0.1) is 0 Å². The standard InChI is InChI=1S/C24H33N7O8/c1-11(32)20(24(38)39)31-22(36)16(6-7-18(26)33)29-23(37)17(30-21(35)14(25)9-19(27)34)8-12-10-28-15-5-3-2-4-13(12)15/h2-5,10-11,14,16-17,20,28,32H,6-9,25H2,1H3,(H2,26,33)(H2,27,34)(H,29,37)(H,30,35)(H,31,36)(H,38,39). The first-order valence-electron chi connectivity index (χ1n) is 12.0. The Hall–Kier alpha value is -4.50. The normalized spacial score (nSPS) is 14.8. The summed E-state index contributed by atoms with van der Waals surface area (Å²) in [7, 11) is 0. The molecule has 1 aromatic carbocycles. The molecule has 15 heteroatoms. The number of hydrogen-bond acceptors (Lipinski definition) is 8. The monoisotopic (exact) mass is 547 g/mol. The maximum atomic E-state index is 13.4. The molecular weight excluding hydrogens is 514 g/mol. The Kier molecular flexibility index (Phi) is 10.9. The number of fused-ring (bicyclic) bond motifs is 1. The number of rotatable bonds is 15. The van der Waals surface area contributed by atoms with Gasteiger partial charge >= 0.3 is 5.97 Å². The van der Waals surface area contributed by atoms with Gasteiger partial charge < -0.3 is 48.3 Å². The predicted octanol–water partition coefficient (Wildman–Crippen LogP) is -2.90. The number of primary amides is 2. The number of H-pyrrole nitrogens is 1. The van der Waals surface area contributed by atoms with Gasteiger partial charge in [0.05, 0.1) is 18.6 Å². The van der Waals surface area contributed by atoms with Crippen LogP contribution in [0.5, 0.6) is 0 Å². The molecule has 0 spiro atoms. The van der Waals surface area contributed by atoms with Gasteiger partial charge in [0, 0.05) is 29.9 Å². The first-order valence-corrected chi connectivity index (χ1v) is 12.0. The van der Waals surface area contributed by atoms with Crippen molar-refractivity contribution in [1.82, 2.24) is 20.9 Å². The van der Waals surface area contributed by atoms with E-state index in [0.29, 0.717) is 5.56 Å². The number of para-hydroxylation sites is 1. The number of carbonyl (C=O) groups excluding carboxylic acids is 5. The topological polar surface area (TPSA) is 273 Å². The summed E-state index contributed by atoms with van der Waals surface area (Å²) in [4.78, 5) is 75.9. The molecule has 5 amide bonds. The number of nitrogens with two attached hydrogens (primary N) is 3. The highest BCUT2D eigenvalue weighted by Gasteiger charge is 2.32. The summed E-state index contributed by atoms with van der Waals surface area (Å²) in [5.74, 6) is -5.86. The molecule has 0 saturated heterocycles. The molecule has 1 aromatic heterocycles. The van der Waals surface area contributed by atoms with E-state index in [9.17, 15) is 39.0 Å². The van der Waals surface area contributed by atoms with Crippen molar-refractivity contribution in [2.24, 2.45) is 17.2 Å². The number of aromatic amines is 1. The van der Waals surface area contributed by atoms with Crippen LogP contribution in [0.2, 0.25) is 0 Å². The van der Waals surface area contributed by atoms with Gasteiger partial charge in [0.2, 0.25) is 29.5 Å². The molecule has 15 nitrogen and oxygen atoms in total. The van der Waals surface area contributed by atoms with Crippen LogP contribution < -0.4 is 33.2 Å². The SMILES string of the molecule is CC(O)C(NC(=O)C(CCC(N)=O)NC(=O)C(Cc1c[nH]c2ccccc12)NC(=O)C(N)CC(N)=O)C(=O)O. The summed E-state index contributed by atoms with van der Waals surface area (Å²) in [6, 6.07) is 1.37. The smallest absolute Gasteiger partial charge is 0.328 e. The van der Waals surface area contributed by atoms with Gasteiger partial charge in [-0.25, -0.2) is 4.79 Å². The van der Waals surface area contributed by atoms with Gasteiger partial charge in [0.15, 0.2) is 6.04 Å². The fourth-order valence-electron chi connectivity index (χ4n) is 3.79. The van der Waals surface area contributed by atoms with Gasteiger partial charge in [-0.05, 0) is 25.0 Å². The fourth-order valence-corrected chi connectivity index (χ4v) is 3.79. The number of benzene rings is 1. The highest BCUT2D eigenvalue weighted by Crippen LogP contribution is 2.19. The average Bonchev–Trinajstić information content (AvgIpc) is 3.26. The Morgan fingerprint density at radius 1 is 0.923 bits per heavy atom. The number of nitrogens with one attached hydrogen (secondary N) is 4. The zero-order valence-electron chi connectivity index (χ0n) is 21.2. The van der Waals surface area contributed by atoms with E-state index >= 15 is 0 Å². The second kappa shape index (κ2) is 13.9. The van der Waals surface area contributed by atoms with Gasteiger partial charge in [-0.2, -0.15) is 0 Å². The van der Waals surface area contributed by atoms with Crippen LogP contribution in [0.1, 0.15) is 31.7 Å². The molecule has 39 heavy (non-hydrogen) atoms. The van der Waals surface area contributed by atoms with Gasteiger partial charge in [0.1, 0.15) is 12.1 Å². The van der Waals surface area contributed by atoms with Crippen LogP contribution >= 0.6 is 0 Å². The average molecular weight is 548 g/mol. The molecule has 0 saturated carbocycles. The van der Waals surface area contributed by atoms with Gasteiger partial charge in [0.25, 0.3) is 0 Å². The molecule has 0 bridgehead atoms. The van der Waals surface area contributed by atoms with Crippen molar-refractivity contribution < 1.29 is 39.0 Å². The first kappa shape index (κ1) is 30.7. The second-order valence-electron chi connectivity index (χ2n) is 9.03. The number of aromatic nitrogens is 1. The minimum atomic E-state index is -1.70. The molecule has 2 aromatic rings. The number of carboxylic acid groups (broad SMARTS) is 1. The van der Waals surface area contributed by atoms with E-state index in [1.165, 1.54) is 0 Å². The number of carbonyl (C=O) groups is 6. The Morgan fingerprint density at radius 3 is 2.13 bits per heavy atom. The highest BCUT2D eigenvalue weighted by atomic mass is 16.4. The van der Waals surface area contributed by atoms with Crippen molar-refractivity contribution >= 4 is 46.4 Å². The Labute approximate surface area is 222 Å². The van der Waals surface area contributed by atoms with Crippen LogP contribution in [0, 0.1) is 0 Å². The van der Waals surface area contributed by atoms with Crippen LogP contribution in [-0.4, -0.2) is 81.0 Å². The maximum absolute atomic E-state index is 13.4. The van der Waals surface area contributed by atoms with Crippen molar-refractivity contribution in [1.29, 1.82) is 0 Å². The molecule has 5 atom stereocenters. The van der Waals surface area contributed by atoms with E-state index in [2.05, 4.69) is 20.9 Å². The van der Waals surface area contributed by atoms with E-state index in [1.54, 1.807) is 30.5 Å². The van der Waals surface area contributed by atoms with Crippen molar-refractivity contribution in [2.75, 3.05) is 0 Å². The Morgan fingerprint density at radius 2 is 1.54 bits per heavy atom. The fraction of sp³-hybridized carbons (Fsp3) is 0.417. The lowest BCUT2D eigenvalue weighted by molar-refractivity contribution is -0.145. The van der Waals surface area contributed by atoms with Crippen LogP contribution in [-0.2, 0) is 35.2 Å². The van der Waals surface area contributed by atoms with Crippen molar-refractivity contribution in [3.8, 4) is 0 Å². The molecule has 5 unspecified atom stereocenters. The van der Waals surface area contributed by atoms with E-state index in [0.717, 1.165) is 17.8 Å². The number of aliphatic hydroxyl groups is 1. The minimum Gasteiger partial charge on any atom is -0.480 e. The number of aliphatic hydroxyl groups excluding tert-OH is 1. The molecule has 12 N–H and O–H groups in total. The number of aliphatic carboxylic acids is 1. The summed E-state index contributed by atoms with van der Waals surface area (Å²) in [5, 5.41) is 26.7. The van der Waals surface area contributed by atoms with Crippen LogP contribution in [0.25, 0.3) is 10.9 Å². The molecule has 0 radical (unpaired) electrons. The van der Waals surface area contributed by atoms with E-state index in [4.69, 9.17) is 17.2 Å². The third kappa shape index (κ3) is 9.08. The highest BCUT2D eigenvalue weighted by molar-refractivity contribution is 5.96. The Bertz CT molecular complexity index is 1230. The molecule has 2 rings (SSSR count).